The van der Waals surface area contributed by atoms with E-state index in [1.165, 1.54) is 0 Å². The maximum atomic E-state index is 12.5. The zero-order chi connectivity index (χ0) is 17.1. The molecule has 0 bridgehead atoms. The fourth-order valence-electron chi connectivity index (χ4n) is 2.59. The van der Waals surface area contributed by atoms with Crippen molar-refractivity contribution in [1.29, 1.82) is 0 Å². The number of fused-ring (bicyclic) bond motifs is 1. The van der Waals surface area contributed by atoms with Crippen molar-refractivity contribution in [2.24, 2.45) is 5.73 Å². The Morgan fingerprint density at radius 1 is 1.50 bits per heavy atom. The number of furan rings is 1. The van der Waals surface area contributed by atoms with Crippen LogP contribution in [0.1, 0.15) is 22.6 Å². The number of hydrogen-bond acceptors (Lipinski definition) is 5. The van der Waals surface area contributed by atoms with Crippen molar-refractivity contribution in [3.05, 3.63) is 45.8 Å². The van der Waals surface area contributed by atoms with E-state index in [4.69, 9.17) is 21.8 Å². The highest BCUT2D eigenvalue weighted by molar-refractivity contribution is 7.19. The smallest absolute Gasteiger partial charge is 0.131 e. The van der Waals surface area contributed by atoms with E-state index in [2.05, 4.69) is 10.3 Å². The van der Waals surface area contributed by atoms with Crippen LogP contribution >= 0.6 is 22.9 Å². The largest absolute Gasteiger partial charge is 0.467 e. The molecule has 0 saturated heterocycles. The topological polar surface area (TPSA) is 64.1 Å². The summed E-state index contributed by atoms with van der Waals surface area (Å²) in [5.41, 5.74) is 8.84. The van der Waals surface area contributed by atoms with Gasteiger partial charge in [-0.1, -0.05) is 11.6 Å². The summed E-state index contributed by atoms with van der Waals surface area (Å²) < 4.78 is 18.9. The lowest BCUT2D eigenvalue weighted by atomic mass is 10.1. The highest BCUT2D eigenvalue weighted by atomic mass is 35.5. The van der Waals surface area contributed by atoms with Crippen LogP contribution in [0.4, 0.5) is 10.1 Å². The third-order valence-electron chi connectivity index (χ3n) is 3.90. The third-order valence-corrected chi connectivity index (χ3v) is 5.43. The molecule has 3 rings (SSSR count). The Labute approximate surface area is 148 Å². The van der Waals surface area contributed by atoms with Gasteiger partial charge in [-0.15, -0.1) is 11.3 Å². The summed E-state index contributed by atoms with van der Waals surface area (Å²) in [4.78, 5) is 5.58. The van der Waals surface area contributed by atoms with Gasteiger partial charge in [0.2, 0.25) is 0 Å². The van der Waals surface area contributed by atoms with Gasteiger partial charge >= 0.3 is 0 Å². The minimum Gasteiger partial charge on any atom is -0.467 e. The van der Waals surface area contributed by atoms with Crippen molar-refractivity contribution < 1.29 is 8.81 Å². The first-order valence-corrected chi connectivity index (χ1v) is 8.94. The summed E-state index contributed by atoms with van der Waals surface area (Å²) in [7, 11) is 0. The Morgan fingerprint density at radius 2 is 2.33 bits per heavy atom. The van der Waals surface area contributed by atoms with Crippen LogP contribution in [0, 0.1) is 6.92 Å². The van der Waals surface area contributed by atoms with Gasteiger partial charge in [0.15, 0.2) is 0 Å². The standard InChI is InChI=1S/C17H19ClFN3OS/c1-10-14(7-11(20)4-5-19)24-17-13(8-15(18)22-16(10)17)21-9-12-3-2-6-23-12/h2-3,6,8,11H,4-5,7,9,20H2,1H3,(H,21,22). The van der Waals surface area contributed by atoms with E-state index in [1.807, 2.05) is 25.1 Å². The zero-order valence-electron chi connectivity index (χ0n) is 13.3. The number of anilines is 1. The number of nitrogens with zero attached hydrogens (tertiary/aromatic N) is 1. The molecule has 0 radical (unpaired) electrons. The van der Waals surface area contributed by atoms with Gasteiger partial charge in [0.05, 0.1) is 35.4 Å². The molecule has 0 fully saturated rings. The van der Waals surface area contributed by atoms with Gasteiger partial charge in [-0.3, -0.25) is 4.39 Å². The maximum absolute atomic E-state index is 12.5. The Morgan fingerprint density at radius 3 is 3.04 bits per heavy atom. The van der Waals surface area contributed by atoms with E-state index < -0.39 is 6.67 Å². The molecule has 1 atom stereocenters. The van der Waals surface area contributed by atoms with Crippen molar-refractivity contribution in [3.8, 4) is 0 Å². The number of rotatable bonds is 7. The highest BCUT2D eigenvalue weighted by Crippen LogP contribution is 2.37. The first kappa shape index (κ1) is 17.2. The van der Waals surface area contributed by atoms with Gasteiger partial charge in [0.1, 0.15) is 10.9 Å². The SMILES string of the molecule is Cc1c(CC(N)CCF)sc2c(NCc3ccco3)cc(Cl)nc12. The van der Waals surface area contributed by atoms with Crippen LogP contribution in [0.25, 0.3) is 10.2 Å². The van der Waals surface area contributed by atoms with Crippen LogP contribution < -0.4 is 11.1 Å². The van der Waals surface area contributed by atoms with Gasteiger partial charge in [-0.2, -0.15) is 0 Å². The molecule has 3 N–H and O–H groups in total. The number of nitrogens with two attached hydrogens (primary N) is 1. The van der Waals surface area contributed by atoms with E-state index >= 15 is 0 Å². The molecule has 0 aliphatic rings. The molecule has 0 saturated carbocycles. The third kappa shape index (κ3) is 3.71. The second-order valence-corrected chi connectivity index (χ2v) is 7.19. The fourth-order valence-corrected chi connectivity index (χ4v) is 4.12. The van der Waals surface area contributed by atoms with Gasteiger partial charge in [0.25, 0.3) is 0 Å². The van der Waals surface area contributed by atoms with Crippen molar-refractivity contribution in [1.82, 2.24) is 4.98 Å². The van der Waals surface area contributed by atoms with Crippen LogP contribution in [-0.4, -0.2) is 17.7 Å². The molecule has 4 nitrogen and oxygen atoms in total. The molecule has 0 spiro atoms. The lowest BCUT2D eigenvalue weighted by molar-refractivity contribution is 0.436. The van der Waals surface area contributed by atoms with E-state index in [-0.39, 0.29) is 6.04 Å². The van der Waals surface area contributed by atoms with Crippen molar-refractivity contribution in [2.45, 2.75) is 32.4 Å². The van der Waals surface area contributed by atoms with Gasteiger partial charge in [-0.25, -0.2) is 4.98 Å². The normalized spacial score (nSPS) is 12.7. The van der Waals surface area contributed by atoms with Crippen LogP contribution in [-0.2, 0) is 13.0 Å². The van der Waals surface area contributed by atoms with Gasteiger partial charge in [0, 0.05) is 17.0 Å². The Balaban J connectivity index is 1.91. The average Bonchev–Trinajstić information content (AvgIpc) is 3.15. The average molecular weight is 368 g/mol. The number of nitrogens with one attached hydrogen (secondary N) is 1. The molecule has 24 heavy (non-hydrogen) atoms. The van der Waals surface area contributed by atoms with Crippen LogP contribution in [0.15, 0.2) is 28.9 Å². The minimum absolute atomic E-state index is 0.184. The molecule has 0 aromatic carbocycles. The summed E-state index contributed by atoms with van der Waals surface area (Å²) in [5, 5.41) is 3.79. The molecule has 1 unspecified atom stereocenters. The number of aromatic nitrogens is 1. The second-order valence-electron chi connectivity index (χ2n) is 5.70. The lowest BCUT2D eigenvalue weighted by Gasteiger charge is -2.07. The maximum Gasteiger partial charge on any atom is 0.131 e. The predicted octanol–water partition coefficient (Wildman–Crippen LogP) is 4.69. The highest BCUT2D eigenvalue weighted by Gasteiger charge is 2.16. The molecule has 7 heteroatoms. The van der Waals surface area contributed by atoms with E-state index in [1.54, 1.807) is 17.6 Å². The molecule has 0 aliphatic carbocycles. The summed E-state index contributed by atoms with van der Waals surface area (Å²) in [6.45, 7) is 2.18. The minimum atomic E-state index is -0.398. The first-order valence-electron chi connectivity index (χ1n) is 7.74. The Kier molecular flexibility index (Phi) is 5.38. The van der Waals surface area contributed by atoms with Crippen molar-refractivity contribution >= 4 is 38.8 Å². The molecule has 3 aromatic heterocycles. The summed E-state index contributed by atoms with van der Waals surface area (Å²) in [6.07, 6.45) is 2.66. The number of hydrogen-bond donors (Lipinski definition) is 2. The fraction of sp³-hybridized carbons (Fsp3) is 0.353. The monoisotopic (exact) mass is 367 g/mol. The molecular weight excluding hydrogens is 349 g/mol. The number of halogens is 2. The molecule has 3 aromatic rings. The molecular formula is C17H19ClFN3OS. The van der Waals surface area contributed by atoms with Gasteiger partial charge in [-0.05, 0) is 37.5 Å². The molecule has 0 amide bonds. The Hall–Kier alpha value is -1.63. The molecule has 0 aliphatic heterocycles. The second kappa shape index (κ2) is 7.51. The van der Waals surface area contributed by atoms with E-state index in [0.717, 1.165) is 32.1 Å². The molecule has 3 heterocycles. The van der Waals surface area contributed by atoms with Crippen LogP contribution in [0.3, 0.4) is 0 Å². The van der Waals surface area contributed by atoms with Crippen LogP contribution in [0.5, 0.6) is 0 Å². The quantitative estimate of drug-likeness (QED) is 0.594. The van der Waals surface area contributed by atoms with E-state index in [0.29, 0.717) is 24.5 Å². The predicted molar refractivity (Wildman–Crippen MR) is 97.7 cm³/mol. The van der Waals surface area contributed by atoms with E-state index in [9.17, 15) is 4.39 Å². The number of pyridine rings is 1. The number of alkyl halides is 1. The number of aryl methyl sites for hydroxylation is 1. The number of thiophene rings is 1. The van der Waals surface area contributed by atoms with Crippen molar-refractivity contribution in [2.75, 3.05) is 12.0 Å². The van der Waals surface area contributed by atoms with Crippen LogP contribution in [0.2, 0.25) is 5.15 Å². The Bertz CT molecular complexity index is 819. The first-order chi connectivity index (χ1) is 11.6. The summed E-state index contributed by atoms with van der Waals surface area (Å²) >= 11 is 7.81. The molecule has 128 valence electrons. The summed E-state index contributed by atoms with van der Waals surface area (Å²) in [5.74, 6) is 0.842. The lowest BCUT2D eigenvalue weighted by Crippen LogP contribution is -2.23. The van der Waals surface area contributed by atoms with Gasteiger partial charge < -0.3 is 15.5 Å². The van der Waals surface area contributed by atoms with Crippen molar-refractivity contribution in [3.63, 3.8) is 0 Å². The zero-order valence-corrected chi connectivity index (χ0v) is 14.9. The summed E-state index contributed by atoms with van der Waals surface area (Å²) in [6, 6.07) is 5.39.